The third-order valence-corrected chi connectivity index (χ3v) is 4.07. The fraction of sp³-hybridized carbons (Fsp3) is 0.250. The zero-order valence-corrected chi connectivity index (χ0v) is 14.7. The Hall–Kier alpha value is -2.96. The number of rotatable bonds is 6. The van der Waals surface area contributed by atoms with Crippen molar-refractivity contribution in [3.8, 4) is 5.75 Å². The molecule has 1 amide bonds. The van der Waals surface area contributed by atoms with Crippen LogP contribution in [0.3, 0.4) is 0 Å². The molecule has 0 bridgehead atoms. The second-order valence-corrected chi connectivity index (χ2v) is 6.14. The number of carbonyl (C=O) groups excluding carboxylic acids is 1. The van der Waals surface area contributed by atoms with E-state index in [1.54, 1.807) is 6.20 Å². The minimum atomic E-state index is -4.50. The SMILES string of the molecule is CCCOc1ccc(C(F)(F)F)cc1NC(=O)Cc1c[nH]c2ccccc12. The number of ether oxygens (including phenoxy) is 1. The molecule has 2 N–H and O–H groups in total. The molecule has 3 aromatic rings. The standard InChI is InChI=1S/C20H19F3N2O2/c1-2-9-27-18-8-7-14(20(21,22)23)11-17(18)25-19(26)10-13-12-24-16-6-4-3-5-15(13)16/h3-8,11-12,24H,2,9-10H2,1H3,(H,25,26). The summed E-state index contributed by atoms with van der Waals surface area (Å²) in [6.45, 7) is 2.23. The van der Waals surface area contributed by atoms with Crippen LogP contribution < -0.4 is 10.1 Å². The molecule has 0 radical (unpaired) electrons. The van der Waals surface area contributed by atoms with E-state index in [9.17, 15) is 18.0 Å². The van der Waals surface area contributed by atoms with Crippen molar-refractivity contribution in [3.05, 3.63) is 59.8 Å². The van der Waals surface area contributed by atoms with Crippen molar-refractivity contribution in [3.63, 3.8) is 0 Å². The number of carbonyl (C=O) groups is 1. The summed E-state index contributed by atoms with van der Waals surface area (Å²) in [5, 5.41) is 3.46. The highest BCUT2D eigenvalue weighted by atomic mass is 19.4. The number of benzene rings is 2. The molecule has 0 unspecified atom stereocenters. The summed E-state index contributed by atoms with van der Waals surface area (Å²) in [6.07, 6.45) is -2.04. The number of alkyl halides is 3. The molecule has 1 aromatic heterocycles. The van der Waals surface area contributed by atoms with Crippen LogP contribution in [-0.4, -0.2) is 17.5 Å². The average molecular weight is 376 g/mol. The Morgan fingerprint density at radius 2 is 1.96 bits per heavy atom. The molecule has 0 aliphatic rings. The van der Waals surface area contributed by atoms with Crippen LogP contribution in [0.1, 0.15) is 24.5 Å². The molecule has 2 aromatic carbocycles. The van der Waals surface area contributed by atoms with Crippen molar-refractivity contribution < 1.29 is 22.7 Å². The Balaban J connectivity index is 1.82. The lowest BCUT2D eigenvalue weighted by Crippen LogP contribution is -2.16. The predicted molar refractivity (Wildman–Crippen MR) is 97.9 cm³/mol. The van der Waals surface area contributed by atoms with Crippen LogP contribution in [0, 0.1) is 0 Å². The molecule has 0 saturated carbocycles. The molecule has 1 heterocycles. The zero-order chi connectivity index (χ0) is 19.4. The van der Waals surface area contributed by atoms with Gasteiger partial charge in [-0.15, -0.1) is 0 Å². The monoisotopic (exact) mass is 376 g/mol. The summed E-state index contributed by atoms with van der Waals surface area (Å²) in [5.41, 5.74) is 0.842. The van der Waals surface area contributed by atoms with Crippen LogP contribution in [0.4, 0.5) is 18.9 Å². The van der Waals surface area contributed by atoms with Crippen LogP contribution in [0.2, 0.25) is 0 Å². The van der Waals surface area contributed by atoms with Crippen molar-refractivity contribution in [2.75, 3.05) is 11.9 Å². The highest BCUT2D eigenvalue weighted by molar-refractivity contribution is 5.96. The first-order valence-electron chi connectivity index (χ1n) is 8.57. The Morgan fingerprint density at radius 3 is 2.70 bits per heavy atom. The van der Waals surface area contributed by atoms with Gasteiger partial charge in [0.05, 0.1) is 24.3 Å². The summed E-state index contributed by atoms with van der Waals surface area (Å²) in [5.74, 6) is -0.197. The van der Waals surface area contributed by atoms with Gasteiger partial charge in [-0.2, -0.15) is 13.2 Å². The van der Waals surface area contributed by atoms with E-state index < -0.39 is 17.6 Å². The van der Waals surface area contributed by atoms with Crippen molar-refractivity contribution in [2.45, 2.75) is 25.9 Å². The molecule has 0 fully saturated rings. The number of hydrogen-bond acceptors (Lipinski definition) is 2. The fourth-order valence-corrected chi connectivity index (χ4v) is 2.79. The van der Waals surface area contributed by atoms with Crippen LogP contribution in [0.15, 0.2) is 48.7 Å². The predicted octanol–water partition coefficient (Wildman–Crippen LogP) is 5.16. The van der Waals surface area contributed by atoms with Crippen LogP contribution in [-0.2, 0) is 17.4 Å². The number of para-hydroxylation sites is 1. The first kappa shape index (κ1) is 18.8. The molecule has 4 nitrogen and oxygen atoms in total. The third-order valence-electron chi connectivity index (χ3n) is 4.07. The van der Waals surface area contributed by atoms with Crippen molar-refractivity contribution in [2.24, 2.45) is 0 Å². The van der Waals surface area contributed by atoms with E-state index >= 15 is 0 Å². The van der Waals surface area contributed by atoms with E-state index in [1.807, 2.05) is 31.2 Å². The number of H-pyrrole nitrogens is 1. The van der Waals surface area contributed by atoms with E-state index in [1.165, 1.54) is 6.07 Å². The van der Waals surface area contributed by atoms with E-state index in [4.69, 9.17) is 4.74 Å². The first-order valence-corrected chi connectivity index (χ1v) is 8.57. The highest BCUT2D eigenvalue weighted by Crippen LogP contribution is 2.35. The number of anilines is 1. The fourth-order valence-electron chi connectivity index (χ4n) is 2.79. The van der Waals surface area contributed by atoms with Gasteiger partial charge in [0.2, 0.25) is 5.91 Å². The van der Waals surface area contributed by atoms with Gasteiger partial charge in [-0.1, -0.05) is 25.1 Å². The molecular weight excluding hydrogens is 357 g/mol. The quantitative estimate of drug-likeness (QED) is 0.625. The number of nitrogens with one attached hydrogen (secondary N) is 2. The van der Waals surface area contributed by atoms with Gasteiger partial charge in [-0.25, -0.2) is 0 Å². The molecule has 0 atom stereocenters. The molecular formula is C20H19F3N2O2. The van der Waals surface area contributed by atoms with Gasteiger partial charge < -0.3 is 15.0 Å². The van der Waals surface area contributed by atoms with E-state index in [0.29, 0.717) is 13.0 Å². The lowest BCUT2D eigenvalue weighted by Gasteiger charge is -2.15. The molecule has 27 heavy (non-hydrogen) atoms. The van der Waals surface area contributed by atoms with Crippen LogP contribution >= 0.6 is 0 Å². The Bertz CT molecular complexity index is 948. The summed E-state index contributed by atoms with van der Waals surface area (Å²) in [4.78, 5) is 15.5. The Morgan fingerprint density at radius 1 is 1.19 bits per heavy atom. The zero-order valence-electron chi connectivity index (χ0n) is 14.7. The lowest BCUT2D eigenvalue weighted by molar-refractivity contribution is -0.137. The summed E-state index contributed by atoms with van der Waals surface area (Å²) >= 11 is 0. The normalized spacial score (nSPS) is 11.6. The number of aromatic amines is 1. The largest absolute Gasteiger partial charge is 0.491 e. The third kappa shape index (κ3) is 4.42. The highest BCUT2D eigenvalue weighted by Gasteiger charge is 2.31. The van der Waals surface area contributed by atoms with Gasteiger partial charge in [-0.05, 0) is 36.2 Å². The van der Waals surface area contributed by atoms with Gasteiger partial charge in [0.1, 0.15) is 5.75 Å². The van der Waals surface area contributed by atoms with Crippen LogP contribution in [0.5, 0.6) is 5.75 Å². The second kappa shape index (κ2) is 7.73. The number of hydrogen-bond donors (Lipinski definition) is 2. The Labute approximate surface area is 154 Å². The van der Waals surface area contributed by atoms with Crippen LogP contribution in [0.25, 0.3) is 10.9 Å². The molecule has 7 heteroatoms. The van der Waals surface area contributed by atoms with Crippen molar-refractivity contribution in [1.29, 1.82) is 0 Å². The lowest BCUT2D eigenvalue weighted by atomic mass is 10.1. The van der Waals surface area contributed by atoms with Crippen molar-refractivity contribution >= 4 is 22.5 Å². The molecule has 0 spiro atoms. The van der Waals surface area contributed by atoms with Gasteiger partial charge in [-0.3, -0.25) is 4.79 Å². The van der Waals surface area contributed by atoms with E-state index in [-0.39, 0.29) is 17.9 Å². The van der Waals surface area contributed by atoms with Gasteiger partial charge in [0.25, 0.3) is 0 Å². The Kier molecular flexibility index (Phi) is 5.39. The van der Waals surface area contributed by atoms with Gasteiger partial charge in [0, 0.05) is 17.1 Å². The molecule has 0 aliphatic heterocycles. The van der Waals surface area contributed by atoms with Crippen molar-refractivity contribution in [1.82, 2.24) is 4.98 Å². The maximum atomic E-state index is 13.0. The number of aromatic nitrogens is 1. The average Bonchev–Trinajstić information content (AvgIpc) is 3.03. The first-order chi connectivity index (χ1) is 12.9. The minimum Gasteiger partial charge on any atom is -0.491 e. The molecule has 0 aliphatic carbocycles. The topological polar surface area (TPSA) is 54.1 Å². The molecule has 0 saturated heterocycles. The second-order valence-electron chi connectivity index (χ2n) is 6.14. The minimum absolute atomic E-state index is 0.0168. The maximum Gasteiger partial charge on any atom is 0.416 e. The van der Waals surface area contributed by atoms with E-state index in [0.717, 1.165) is 28.6 Å². The van der Waals surface area contributed by atoms with Gasteiger partial charge >= 0.3 is 6.18 Å². The van der Waals surface area contributed by atoms with Gasteiger partial charge in [0.15, 0.2) is 0 Å². The maximum absolute atomic E-state index is 13.0. The summed E-state index contributed by atoms with van der Waals surface area (Å²) in [6, 6.07) is 10.6. The molecule has 142 valence electrons. The smallest absolute Gasteiger partial charge is 0.416 e. The van der Waals surface area contributed by atoms with E-state index in [2.05, 4.69) is 10.3 Å². The number of fused-ring (bicyclic) bond motifs is 1. The summed E-state index contributed by atoms with van der Waals surface area (Å²) in [7, 11) is 0. The summed E-state index contributed by atoms with van der Waals surface area (Å²) < 4.78 is 44.5. The molecule has 3 rings (SSSR count). The number of amides is 1. The number of halogens is 3.